The quantitative estimate of drug-likeness (QED) is 0.674. The summed E-state index contributed by atoms with van der Waals surface area (Å²) in [6.07, 6.45) is 1.02. The van der Waals surface area contributed by atoms with Crippen molar-refractivity contribution < 1.29 is 4.74 Å². The molecule has 0 amide bonds. The first-order valence-electron chi connectivity index (χ1n) is 7.58. The highest BCUT2D eigenvalue weighted by Crippen LogP contribution is 2.39. The molecular weight excluding hydrogens is 287 g/mol. The Labute approximate surface area is 132 Å². The number of hydrogen-bond donors (Lipinski definition) is 0. The van der Waals surface area contributed by atoms with E-state index in [0.717, 1.165) is 18.8 Å². The molecule has 0 atom stereocenters. The summed E-state index contributed by atoms with van der Waals surface area (Å²) in [5, 5.41) is 4.07. The third kappa shape index (κ3) is 2.42. The smallest absolute Gasteiger partial charge is 0.130 e. The van der Waals surface area contributed by atoms with Crippen molar-refractivity contribution in [2.45, 2.75) is 6.42 Å². The second kappa shape index (κ2) is 5.94. The topological polar surface area (TPSA) is 9.23 Å². The van der Waals surface area contributed by atoms with E-state index in [-0.39, 0.29) is 0 Å². The molecule has 3 aromatic carbocycles. The number of benzene rings is 3. The van der Waals surface area contributed by atoms with Crippen molar-refractivity contribution in [1.29, 1.82) is 0 Å². The molecule has 0 fully saturated rings. The third-order valence-electron chi connectivity index (χ3n) is 3.96. The van der Waals surface area contributed by atoms with Crippen LogP contribution >= 0.6 is 7.92 Å². The minimum Gasteiger partial charge on any atom is -0.492 e. The van der Waals surface area contributed by atoms with E-state index < -0.39 is 7.92 Å². The van der Waals surface area contributed by atoms with Gasteiger partial charge in [-0.05, 0) is 24.1 Å². The van der Waals surface area contributed by atoms with E-state index in [9.17, 15) is 0 Å². The molecule has 0 saturated heterocycles. The maximum absolute atomic E-state index is 5.97. The monoisotopic (exact) mass is 304 g/mol. The molecule has 0 bridgehead atoms. The molecule has 0 radical (unpaired) electrons. The molecule has 1 heterocycles. The molecule has 1 nitrogen and oxygen atoms in total. The van der Waals surface area contributed by atoms with Crippen molar-refractivity contribution in [3.05, 3.63) is 84.4 Å². The van der Waals surface area contributed by atoms with E-state index in [1.807, 2.05) is 0 Å². The Hall–Kier alpha value is -2.11. The minimum atomic E-state index is -0.574. The summed E-state index contributed by atoms with van der Waals surface area (Å²) in [7, 11) is -0.574. The average molecular weight is 304 g/mol. The van der Waals surface area contributed by atoms with Gasteiger partial charge < -0.3 is 4.74 Å². The maximum Gasteiger partial charge on any atom is 0.130 e. The summed E-state index contributed by atoms with van der Waals surface area (Å²) in [6.45, 7) is 0.805. The molecule has 0 saturated carbocycles. The van der Waals surface area contributed by atoms with Crippen LogP contribution < -0.4 is 20.7 Å². The predicted molar refractivity (Wildman–Crippen MR) is 94.3 cm³/mol. The molecule has 0 spiro atoms. The summed E-state index contributed by atoms with van der Waals surface area (Å²) >= 11 is 0. The van der Waals surface area contributed by atoms with Gasteiger partial charge in [-0.3, -0.25) is 0 Å². The van der Waals surface area contributed by atoms with Crippen molar-refractivity contribution in [2.24, 2.45) is 0 Å². The number of hydrogen-bond acceptors (Lipinski definition) is 1. The Morgan fingerprint density at radius 1 is 0.682 bits per heavy atom. The van der Waals surface area contributed by atoms with Crippen LogP contribution in [0.1, 0.15) is 5.56 Å². The molecule has 3 aromatic rings. The second-order valence-corrected chi connectivity index (χ2v) is 7.56. The van der Waals surface area contributed by atoms with Crippen LogP contribution in [0.25, 0.3) is 0 Å². The first-order valence-corrected chi connectivity index (χ1v) is 8.92. The summed E-state index contributed by atoms with van der Waals surface area (Å²) < 4.78 is 5.97. The molecule has 0 aliphatic carbocycles. The molecule has 2 heteroatoms. The Morgan fingerprint density at radius 3 is 1.95 bits per heavy atom. The lowest BCUT2D eigenvalue weighted by Crippen LogP contribution is -2.21. The Morgan fingerprint density at radius 2 is 1.32 bits per heavy atom. The number of ether oxygens (including phenoxy) is 1. The van der Waals surface area contributed by atoms with E-state index in [2.05, 4.69) is 78.9 Å². The van der Waals surface area contributed by atoms with Crippen LogP contribution in [0.5, 0.6) is 5.75 Å². The Bertz CT molecular complexity index is 729. The van der Waals surface area contributed by atoms with Gasteiger partial charge >= 0.3 is 0 Å². The van der Waals surface area contributed by atoms with Crippen LogP contribution in [-0.2, 0) is 6.42 Å². The second-order valence-electron chi connectivity index (χ2n) is 5.37. The van der Waals surface area contributed by atoms with Gasteiger partial charge in [-0.2, -0.15) is 0 Å². The predicted octanol–water partition coefficient (Wildman–Crippen LogP) is 3.38. The molecule has 0 N–H and O–H groups in total. The molecule has 0 unspecified atom stereocenters. The van der Waals surface area contributed by atoms with Gasteiger partial charge in [0, 0.05) is 11.7 Å². The average Bonchev–Trinajstić information content (AvgIpc) is 3.07. The van der Waals surface area contributed by atoms with Crippen LogP contribution in [0.2, 0.25) is 0 Å². The van der Waals surface area contributed by atoms with Crippen LogP contribution in [0.4, 0.5) is 0 Å². The fourth-order valence-electron chi connectivity index (χ4n) is 2.96. The summed E-state index contributed by atoms with van der Waals surface area (Å²) in [4.78, 5) is 0. The van der Waals surface area contributed by atoms with Crippen LogP contribution in [0, 0.1) is 0 Å². The van der Waals surface area contributed by atoms with Crippen molar-refractivity contribution >= 4 is 23.8 Å². The summed E-state index contributed by atoms with van der Waals surface area (Å²) in [5.74, 6) is 1.11. The molecule has 0 aromatic heterocycles. The largest absolute Gasteiger partial charge is 0.492 e. The Kier molecular flexibility index (Phi) is 3.66. The Balaban J connectivity index is 1.91. The van der Waals surface area contributed by atoms with Crippen molar-refractivity contribution in [2.75, 3.05) is 6.61 Å². The van der Waals surface area contributed by atoms with E-state index in [0.29, 0.717) is 0 Å². The van der Waals surface area contributed by atoms with Gasteiger partial charge in [0.05, 0.1) is 6.61 Å². The van der Waals surface area contributed by atoms with Gasteiger partial charge in [0.1, 0.15) is 5.75 Å². The number of rotatable bonds is 3. The third-order valence-corrected chi connectivity index (χ3v) is 6.43. The van der Waals surface area contributed by atoms with Crippen molar-refractivity contribution in [1.82, 2.24) is 0 Å². The van der Waals surface area contributed by atoms with Crippen LogP contribution in [-0.4, -0.2) is 6.61 Å². The van der Waals surface area contributed by atoms with Crippen LogP contribution in [0.3, 0.4) is 0 Å². The lowest BCUT2D eigenvalue weighted by atomic mass is 10.2. The SMILES string of the molecule is c1ccc(P(c2ccccc2)c2cccc3c2OCC3)cc1. The van der Waals surface area contributed by atoms with E-state index in [1.54, 1.807) is 0 Å². The number of fused-ring (bicyclic) bond motifs is 1. The summed E-state index contributed by atoms with van der Waals surface area (Å²) in [6, 6.07) is 28.2. The van der Waals surface area contributed by atoms with Crippen LogP contribution in [0.15, 0.2) is 78.9 Å². The van der Waals surface area contributed by atoms with Gasteiger partial charge in [0.15, 0.2) is 0 Å². The van der Waals surface area contributed by atoms with Crippen molar-refractivity contribution in [3.63, 3.8) is 0 Å². The zero-order valence-corrected chi connectivity index (χ0v) is 13.2. The molecule has 4 rings (SSSR count). The number of para-hydroxylation sites is 1. The van der Waals surface area contributed by atoms with Gasteiger partial charge in [0.2, 0.25) is 0 Å². The van der Waals surface area contributed by atoms with Gasteiger partial charge in [-0.25, -0.2) is 0 Å². The molecular formula is C20H17OP. The molecule has 1 aliphatic heterocycles. The lowest BCUT2D eigenvalue weighted by Gasteiger charge is -2.21. The highest BCUT2D eigenvalue weighted by Gasteiger charge is 2.24. The normalized spacial score (nSPS) is 13.0. The van der Waals surface area contributed by atoms with E-state index in [1.165, 1.54) is 21.5 Å². The highest BCUT2D eigenvalue weighted by molar-refractivity contribution is 7.80. The zero-order valence-electron chi connectivity index (χ0n) is 12.3. The van der Waals surface area contributed by atoms with Crippen molar-refractivity contribution in [3.8, 4) is 5.75 Å². The minimum absolute atomic E-state index is 0.574. The van der Waals surface area contributed by atoms with Gasteiger partial charge in [-0.15, -0.1) is 0 Å². The molecule has 22 heavy (non-hydrogen) atoms. The van der Waals surface area contributed by atoms with E-state index in [4.69, 9.17) is 4.74 Å². The highest BCUT2D eigenvalue weighted by atomic mass is 31.1. The fraction of sp³-hybridized carbons (Fsp3) is 0.100. The zero-order chi connectivity index (χ0) is 14.8. The van der Waals surface area contributed by atoms with E-state index >= 15 is 0 Å². The van der Waals surface area contributed by atoms with Gasteiger partial charge in [0.25, 0.3) is 0 Å². The standard InChI is InChI=1S/C20H17OP/c1-3-9-17(10-4-1)22(18-11-5-2-6-12-18)19-13-7-8-16-14-15-21-20(16)19/h1-13H,14-15H2. The maximum atomic E-state index is 5.97. The molecule has 1 aliphatic rings. The molecule has 108 valence electrons. The first-order chi connectivity index (χ1) is 10.9. The fourth-order valence-corrected chi connectivity index (χ4v) is 5.40. The summed E-state index contributed by atoms with van der Waals surface area (Å²) in [5.41, 5.74) is 1.34. The van der Waals surface area contributed by atoms with Gasteiger partial charge in [-0.1, -0.05) is 78.9 Å². The lowest BCUT2D eigenvalue weighted by molar-refractivity contribution is 0.359. The first kappa shape index (κ1) is 13.5.